The molecule has 0 saturated carbocycles. The van der Waals surface area contributed by atoms with Crippen molar-refractivity contribution in [2.45, 2.75) is 19.3 Å². The van der Waals surface area contributed by atoms with E-state index < -0.39 is 5.41 Å². The Hall–Kier alpha value is -0.910. The SMILES string of the molecule is COCCNCCNC(=O)C(C)(C)c1cccs1. The van der Waals surface area contributed by atoms with E-state index in [0.717, 1.165) is 18.0 Å². The van der Waals surface area contributed by atoms with Gasteiger partial charge < -0.3 is 15.4 Å². The molecule has 1 rings (SSSR count). The van der Waals surface area contributed by atoms with Gasteiger partial charge in [-0.2, -0.15) is 0 Å². The monoisotopic (exact) mass is 270 g/mol. The average Bonchev–Trinajstić information content (AvgIpc) is 2.87. The molecule has 0 radical (unpaired) electrons. The fraction of sp³-hybridized carbons (Fsp3) is 0.615. The number of methoxy groups -OCH3 is 1. The molecule has 4 nitrogen and oxygen atoms in total. The average molecular weight is 270 g/mol. The van der Waals surface area contributed by atoms with E-state index in [-0.39, 0.29) is 5.91 Å². The molecule has 0 atom stereocenters. The van der Waals surface area contributed by atoms with Gasteiger partial charge in [-0.3, -0.25) is 4.79 Å². The first-order chi connectivity index (χ1) is 8.59. The lowest BCUT2D eigenvalue weighted by Gasteiger charge is -2.22. The molecular weight excluding hydrogens is 248 g/mol. The van der Waals surface area contributed by atoms with Crippen LogP contribution in [-0.2, 0) is 14.9 Å². The van der Waals surface area contributed by atoms with Gasteiger partial charge in [0.1, 0.15) is 0 Å². The van der Waals surface area contributed by atoms with Crippen LogP contribution < -0.4 is 10.6 Å². The van der Waals surface area contributed by atoms with Crippen LogP contribution >= 0.6 is 11.3 Å². The first kappa shape index (κ1) is 15.1. The maximum absolute atomic E-state index is 12.1. The maximum Gasteiger partial charge on any atom is 0.230 e. The van der Waals surface area contributed by atoms with Gasteiger partial charge in [-0.1, -0.05) is 6.07 Å². The first-order valence-electron chi connectivity index (χ1n) is 6.11. The van der Waals surface area contributed by atoms with Gasteiger partial charge in [-0.25, -0.2) is 0 Å². The zero-order chi connectivity index (χ0) is 13.4. The minimum absolute atomic E-state index is 0.0680. The second-order valence-electron chi connectivity index (χ2n) is 4.60. The van der Waals surface area contributed by atoms with Crippen molar-refractivity contribution in [1.29, 1.82) is 0 Å². The smallest absolute Gasteiger partial charge is 0.230 e. The van der Waals surface area contributed by atoms with Crippen LogP contribution in [0.4, 0.5) is 0 Å². The predicted octanol–water partition coefficient (Wildman–Crippen LogP) is 1.38. The van der Waals surface area contributed by atoms with Crippen molar-refractivity contribution < 1.29 is 9.53 Å². The molecule has 0 spiro atoms. The molecule has 1 amide bonds. The number of carbonyl (C=O) groups excluding carboxylic acids is 1. The fourth-order valence-corrected chi connectivity index (χ4v) is 2.38. The van der Waals surface area contributed by atoms with Crippen molar-refractivity contribution >= 4 is 17.2 Å². The van der Waals surface area contributed by atoms with Crippen molar-refractivity contribution in [3.05, 3.63) is 22.4 Å². The van der Waals surface area contributed by atoms with E-state index in [1.807, 2.05) is 31.4 Å². The fourth-order valence-electron chi connectivity index (χ4n) is 1.53. The van der Waals surface area contributed by atoms with Gasteiger partial charge in [0, 0.05) is 31.6 Å². The maximum atomic E-state index is 12.1. The molecule has 0 unspecified atom stereocenters. The van der Waals surface area contributed by atoms with Crippen LogP contribution in [0.15, 0.2) is 17.5 Å². The van der Waals surface area contributed by atoms with Crippen molar-refractivity contribution in [3.63, 3.8) is 0 Å². The Morgan fingerprint density at radius 1 is 1.39 bits per heavy atom. The molecule has 18 heavy (non-hydrogen) atoms. The van der Waals surface area contributed by atoms with E-state index in [0.29, 0.717) is 13.2 Å². The summed E-state index contributed by atoms with van der Waals surface area (Å²) in [5, 5.41) is 8.14. The summed E-state index contributed by atoms with van der Waals surface area (Å²) in [6.07, 6.45) is 0. The third-order valence-corrected chi connectivity index (χ3v) is 3.97. The van der Waals surface area contributed by atoms with Crippen LogP contribution in [0.3, 0.4) is 0 Å². The third-order valence-electron chi connectivity index (χ3n) is 2.78. The second-order valence-corrected chi connectivity index (χ2v) is 5.55. The van der Waals surface area contributed by atoms with Gasteiger partial charge in [0.25, 0.3) is 0 Å². The molecule has 1 aromatic rings. The molecule has 0 aliphatic heterocycles. The summed E-state index contributed by atoms with van der Waals surface area (Å²) in [4.78, 5) is 13.2. The van der Waals surface area contributed by atoms with E-state index >= 15 is 0 Å². The summed E-state index contributed by atoms with van der Waals surface area (Å²) in [6, 6.07) is 3.97. The number of ether oxygens (including phenoxy) is 1. The number of hydrogen-bond acceptors (Lipinski definition) is 4. The summed E-state index contributed by atoms with van der Waals surface area (Å²) >= 11 is 1.62. The molecule has 0 aromatic carbocycles. The van der Waals surface area contributed by atoms with Gasteiger partial charge >= 0.3 is 0 Å². The highest BCUT2D eigenvalue weighted by atomic mass is 32.1. The Balaban J connectivity index is 2.28. The lowest BCUT2D eigenvalue weighted by atomic mass is 9.90. The molecule has 1 heterocycles. The zero-order valence-corrected chi connectivity index (χ0v) is 12.1. The van der Waals surface area contributed by atoms with Crippen molar-refractivity contribution in [2.75, 3.05) is 33.4 Å². The van der Waals surface area contributed by atoms with E-state index in [9.17, 15) is 4.79 Å². The topological polar surface area (TPSA) is 50.4 Å². The van der Waals surface area contributed by atoms with Crippen LogP contribution in [0, 0.1) is 0 Å². The van der Waals surface area contributed by atoms with E-state index in [2.05, 4.69) is 10.6 Å². The standard InChI is InChI=1S/C13H22N2O2S/c1-13(2,11-5-4-10-18-11)12(16)15-7-6-14-8-9-17-3/h4-5,10,14H,6-9H2,1-3H3,(H,15,16). The quantitative estimate of drug-likeness (QED) is 0.702. The largest absolute Gasteiger partial charge is 0.383 e. The lowest BCUT2D eigenvalue weighted by molar-refractivity contribution is -0.125. The Labute approximate surface area is 113 Å². The predicted molar refractivity (Wildman–Crippen MR) is 75.1 cm³/mol. The molecule has 0 aliphatic carbocycles. The summed E-state index contributed by atoms with van der Waals surface area (Å²) in [5.74, 6) is 0.0680. The Morgan fingerprint density at radius 2 is 2.17 bits per heavy atom. The molecule has 0 aliphatic rings. The minimum atomic E-state index is -0.458. The van der Waals surface area contributed by atoms with Gasteiger partial charge in [-0.05, 0) is 25.3 Å². The van der Waals surface area contributed by atoms with Gasteiger partial charge in [0.15, 0.2) is 0 Å². The summed E-state index contributed by atoms with van der Waals surface area (Å²) < 4.78 is 4.92. The second kappa shape index (κ2) is 7.51. The Morgan fingerprint density at radius 3 is 2.78 bits per heavy atom. The number of amides is 1. The van der Waals surface area contributed by atoms with Gasteiger partial charge in [0.05, 0.1) is 12.0 Å². The van der Waals surface area contributed by atoms with Crippen LogP contribution in [0.2, 0.25) is 0 Å². The highest BCUT2D eigenvalue weighted by Crippen LogP contribution is 2.27. The summed E-state index contributed by atoms with van der Waals surface area (Å²) in [6.45, 7) is 6.79. The molecule has 0 saturated heterocycles. The van der Waals surface area contributed by atoms with E-state index in [1.165, 1.54) is 0 Å². The molecule has 0 fully saturated rings. The molecule has 2 N–H and O–H groups in total. The molecule has 0 bridgehead atoms. The normalized spacial score (nSPS) is 11.5. The van der Waals surface area contributed by atoms with Crippen LogP contribution in [0.25, 0.3) is 0 Å². The van der Waals surface area contributed by atoms with Gasteiger partial charge in [-0.15, -0.1) is 11.3 Å². The van der Waals surface area contributed by atoms with Crippen LogP contribution in [0.5, 0.6) is 0 Å². The highest BCUT2D eigenvalue weighted by molar-refractivity contribution is 7.10. The van der Waals surface area contributed by atoms with Crippen molar-refractivity contribution in [2.24, 2.45) is 0 Å². The Bertz CT molecular complexity index is 350. The molecule has 102 valence electrons. The molecular formula is C13H22N2O2S. The number of nitrogens with one attached hydrogen (secondary N) is 2. The number of rotatable bonds is 8. The number of carbonyl (C=O) groups is 1. The van der Waals surface area contributed by atoms with E-state index in [1.54, 1.807) is 18.4 Å². The summed E-state index contributed by atoms with van der Waals surface area (Å²) in [5.41, 5.74) is -0.458. The van der Waals surface area contributed by atoms with Crippen molar-refractivity contribution in [3.8, 4) is 0 Å². The zero-order valence-electron chi connectivity index (χ0n) is 11.3. The first-order valence-corrected chi connectivity index (χ1v) is 6.99. The number of hydrogen-bond donors (Lipinski definition) is 2. The lowest BCUT2D eigenvalue weighted by Crippen LogP contribution is -2.42. The molecule has 1 aromatic heterocycles. The summed E-state index contributed by atoms with van der Waals surface area (Å²) in [7, 11) is 1.67. The highest BCUT2D eigenvalue weighted by Gasteiger charge is 2.30. The molecule has 5 heteroatoms. The van der Waals surface area contributed by atoms with Crippen molar-refractivity contribution in [1.82, 2.24) is 10.6 Å². The van der Waals surface area contributed by atoms with Gasteiger partial charge in [0.2, 0.25) is 5.91 Å². The third kappa shape index (κ3) is 4.40. The Kier molecular flexibility index (Phi) is 6.32. The minimum Gasteiger partial charge on any atom is -0.383 e. The number of thiophene rings is 1. The van der Waals surface area contributed by atoms with Crippen LogP contribution in [-0.4, -0.2) is 39.3 Å². The van der Waals surface area contributed by atoms with E-state index in [4.69, 9.17) is 4.74 Å². The van der Waals surface area contributed by atoms with Crippen LogP contribution in [0.1, 0.15) is 18.7 Å².